The van der Waals surface area contributed by atoms with Crippen LogP contribution in [0.25, 0.3) is 5.82 Å². The first-order valence-electron chi connectivity index (χ1n) is 8.72. The summed E-state index contributed by atoms with van der Waals surface area (Å²) in [6.45, 7) is 3.22. The lowest BCUT2D eigenvalue weighted by atomic mass is 10.1. The first-order valence-corrected chi connectivity index (χ1v) is 8.72. The second-order valence-corrected chi connectivity index (χ2v) is 6.12. The second kappa shape index (κ2) is 8.80. The Morgan fingerprint density at radius 1 is 1.08 bits per heavy atom. The van der Waals surface area contributed by atoms with Crippen LogP contribution in [0.2, 0.25) is 0 Å². The van der Waals surface area contributed by atoms with Crippen LogP contribution in [0.4, 0.5) is 5.82 Å². The van der Waals surface area contributed by atoms with E-state index in [0.29, 0.717) is 19.5 Å². The number of nitrogens with zero attached hydrogens (tertiary/aromatic N) is 3. The first kappa shape index (κ1) is 17.7. The largest absolute Gasteiger partial charge is 0.368 e. The summed E-state index contributed by atoms with van der Waals surface area (Å²) in [5, 5.41) is 6.13. The van der Waals surface area contributed by atoms with Crippen LogP contribution in [-0.2, 0) is 11.2 Å². The summed E-state index contributed by atoms with van der Waals surface area (Å²) in [6, 6.07) is 14.0. The van der Waals surface area contributed by atoms with Crippen molar-refractivity contribution < 1.29 is 4.79 Å². The monoisotopic (exact) mass is 349 g/mol. The number of aromatic nitrogens is 3. The van der Waals surface area contributed by atoms with Gasteiger partial charge in [0, 0.05) is 38.0 Å². The number of amides is 1. The van der Waals surface area contributed by atoms with Crippen molar-refractivity contribution in [3.63, 3.8) is 0 Å². The van der Waals surface area contributed by atoms with Crippen LogP contribution in [0.15, 0.2) is 61.2 Å². The summed E-state index contributed by atoms with van der Waals surface area (Å²) in [4.78, 5) is 20.4. The van der Waals surface area contributed by atoms with E-state index in [4.69, 9.17) is 0 Å². The van der Waals surface area contributed by atoms with Gasteiger partial charge in [-0.05, 0) is 31.0 Å². The molecule has 0 fully saturated rings. The SMILES string of the molecule is Cc1cccc(CCC(=O)NCCNc2cc(-n3cccc3)ncn2)c1. The molecule has 0 radical (unpaired) electrons. The number of carbonyl (C=O) groups is 1. The number of nitrogens with one attached hydrogen (secondary N) is 2. The zero-order chi connectivity index (χ0) is 18.2. The molecule has 2 heterocycles. The molecular formula is C20H23N5O. The molecule has 0 aliphatic rings. The van der Waals surface area contributed by atoms with Crippen molar-refractivity contribution in [1.82, 2.24) is 19.9 Å². The van der Waals surface area contributed by atoms with E-state index in [9.17, 15) is 4.79 Å². The minimum Gasteiger partial charge on any atom is -0.368 e. The molecule has 1 amide bonds. The zero-order valence-corrected chi connectivity index (χ0v) is 14.9. The van der Waals surface area contributed by atoms with Crippen molar-refractivity contribution in [1.29, 1.82) is 0 Å². The molecular weight excluding hydrogens is 326 g/mol. The molecule has 3 rings (SSSR count). The molecule has 0 spiro atoms. The third-order valence-corrected chi connectivity index (χ3v) is 4.00. The molecule has 0 bridgehead atoms. The van der Waals surface area contributed by atoms with Crippen LogP contribution in [0, 0.1) is 6.92 Å². The van der Waals surface area contributed by atoms with Gasteiger partial charge in [0.1, 0.15) is 18.0 Å². The van der Waals surface area contributed by atoms with Crippen molar-refractivity contribution >= 4 is 11.7 Å². The third-order valence-electron chi connectivity index (χ3n) is 4.00. The quantitative estimate of drug-likeness (QED) is 0.614. The highest BCUT2D eigenvalue weighted by molar-refractivity contribution is 5.76. The van der Waals surface area contributed by atoms with Crippen molar-refractivity contribution in [2.45, 2.75) is 19.8 Å². The van der Waals surface area contributed by atoms with Gasteiger partial charge >= 0.3 is 0 Å². The second-order valence-electron chi connectivity index (χ2n) is 6.12. The Morgan fingerprint density at radius 3 is 2.73 bits per heavy atom. The van der Waals surface area contributed by atoms with Gasteiger partial charge in [-0.25, -0.2) is 9.97 Å². The predicted octanol–water partition coefficient (Wildman–Crippen LogP) is 2.74. The van der Waals surface area contributed by atoms with E-state index in [2.05, 4.69) is 45.7 Å². The van der Waals surface area contributed by atoms with Crippen LogP contribution in [0.5, 0.6) is 0 Å². The van der Waals surface area contributed by atoms with E-state index in [1.165, 1.54) is 17.5 Å². The highest BCUT2D eigenvalue weighted by Crippen LogP contribution is 2.09. The Bertz CT molecular complexity index is 845. The standard InChI is InChI=1S/C20H23N5O/c1-16-5-4-6-17(13-16)7-8-20(26)22-10-9-21-18-14-19(24-15-23-18)25-11-2-3-12-25/h2-6,11-15H,7-10H2,1H3,(H,22,26)(H,21,23,24). The number of anilines is 1. The summed E-state index contributed by atoms with van der Waals surface area (Å²) < 4.78 is 1.92. The average Bonchev–Trinajstić information content (AvgIpc) is 3.19. The lowest BCUT2D eigenvalue weighted by Crippen LogP contribution is -2.29. The average molecular weight is 349 g/mol. The molecule has 1 aromatic carbocycles. The molecule has 0 unspecified atom stereocenters. The Kier molecular flexibility index (Phi) is 5.98. The van der Waals surface area contributed by atoms with Gasteiger partial charge in [-0.3, -0.25) is 4.79 Å². The van der Waals surface area contributed by atoms with Gasteiger partial charge in [-0.1, -0.05) is 29.8 Å². The molecule has 26 heavy (non-hydrogen) atoms. The van der Waals surface area contributed by atoms with Crippen LogP contribution < -0.4 is 10.6 Å². The maximum absolute atomic E-state index is 12.0. The molecule has 0 saturated heterocycles. The molecule has 134 valence electrons. The smallest absolute Gasteiger partial charge is 0.220 e. The van der Waals surface area contributed by atoms with Crippen molar-refractivity contribution in [2.24, 2.45) is 0 Å². The number of carbonyl (C=O) groups excluding carboxylic acids is 1. The van der Waals surface area contributed by atoms with E-state index < -0.39 is 0 Å². The van der Waals surface area contributed by atoms with Crippen molar-refractivity contribution in [2.75, 3.05) is 18.4 Å². The van der Waals surface area contributed by atoms with E-state index in [0.717, 1.165) is 18.1 Å². The molecule has 0 aliphatic carbocycles. The Hall–Kier alpha value is -3.15. The van der Waals surface area contributed by atoms with Gasteiger partial charge in [0.2, 0.25) is 5.91 Å². The molecule has 0 atom stereocenters. The molecule has 0 saturated carbocycles. The third kappa shape index (κ3) is 5.17. The summed E-state index contributed by atoms with van der Waals surface area (Å²) in [6.07, 6.45) is 6.64. The molecule has 3 aromatic rings. The number of rotatable bonds is 8. The highest BCUT2D eigenvalue weighted by atomic mass is 16.1. The predicted molar refractivity (Wildman–Crippen MR) is 102 cm³/mol. The van der Waals surface area contributed by atoms with Gasteiger partial charge in [0.15, 0.2) is 0 Å². The molecule has 2 aromatic heterocycles. The first-order chi connectivity index (χ1) is 12.7. The normalized spacial score (nSPS) is 10.5. The number of aryl methyl sites for hydroxylation is 2. The number of benzene rings is 1. The van der Waals surface area contributed by atoms with E-state index >= 15 is 0 Å². The summed E-state index contributed by atoms with van der Waals surface area (Å²) in [5.74, 6) is 1.59. The molecule has 2 N–H and O–H groups in total. The van der Waals surface area contributed by atoms with Gasteiger partial charge in [0.05, 0.1) is 0 Å². The Morgan fingerprint density at radius 2 is 1.92 bits per heavy atom. The lowest BCUT2D eigenvalue weighted by Gasteiger charge is -2.09. The Balaban J connectivity index is 1.39. The molecule has 6 nitrogen and oxygen atoms in total. The maximum Gasteiger partial charge on any atom is 0.220 e. The van der Waals surface area contributed by atoms with Crippen LogP contribution in [0.3, 0.4) is 0 Å². The minimum absolute atomic E-state index is 0.0593. The summed E-state index contributed by atoms with van der Waals surface area (Å²) in [7, 11) is 0. The van der Waals surface area contributed by atoms with E-state index in [-0.39, 0.29) is 5.91 Å². The zero-order valence-electron chi connectivity index (χ0n) is 14.9. The fraction of sp³-hybridized carbons (Fsp3) is 0.250. The topological polar surface area (TPSA) is 71.8 Å². The highest BCUT2D eigenvalue weighted by Gasteiger charge is 2.03. The maximum atomic E-state index is 12.0. The Labute approximate surface area is 153 Å². The van der Waals surface area contributed by atoms with Crippen LogP contribution >= 0.6 is 0 Å². The van der Waals surface area contributed by atoms with Crippen molar-refractivity contribution in [3.8, 4) is 5.82 Å². The summed E-state index contributed by atoms with van der Waals surface area (Å²) in [5.41, 5.74) is 2.41. The molecule has 6 heteroatoms. The minimum atomic E-state index is 0.0593. The summed E-state index contributed by atoms with van der Waals surface area (Å²) >= 11 is 0. The van der Waals surface area contributed by atoms with Gasteiger partial charge in [-0.2, -0.15) is 0 Å². The van der Waals surface area contributed by atoms with Gasteiger partial charge in [-0.15, -0.1) is 0 Å². The number of hydrogen-bond acceptors (Lipinski definition) is 4. The lowest BCUT2D eigenvalue weighted by molar-refractivity contribution is -0.120. The fourth-order valence-electron chi connectivity index (χ4n) is 2.68. The fourth-order valence-corrected chi connectivity index (χ4v) is 2.68. The van der Waals surface area contributed by atoms with Gasteiger partial charge < -0.3 is 15.2 Å². The van der Waals surface area contributed by atoms with Crippen molar-refractivity contribution in [3.05, 3.63) is 72.3 Å². The van der Waals surface area contributed by atoms with Gasteiger partial charge in [0.25, 0.3) is 0 Å². The van der Waals surface area contributed by atoms with E-state index in [1.54, 1.807) is 0 Å². The number of hydrogen-bond donors (Lipinski definition) is 2. The molecule has 0 aliphatic heterocycles. The van der Waals surface area contributed by atoms with Crippen LogP contribution in [0.1, 0.15) is 17.5 Å². The van der Waals surface area contributed by atoms with Crippen LogP contribution in [-0.4, -0.2) is 33.5 Å². The van der Waals surface area contributed by atoms with E-state index in [1.807, 2.05) is 41.2 Å².